The Bertz CT molecular complexity index is 591. The van der Waals surface area contributed by atoms with E-state index in [2.05, 4.69) is 10.3 Å². The molecule has 1 N–H and O–H groups in total. The van der Waals surface area contributed by atoms with E-state index in [1.165, 1.54) is 29.6 Å². The molecule has 0 saturated carbocycles. The number of nitrogens with one attached hydrogen (secondary N) is 1. The second-order valence-electron chi connectivity index (χ2n) is 4.34. The van der Waals surface area contributed by atoms with Gasteiger partial charge in [-0.3, -0.25) is 4.79 Å². The highest BCUT2D eigenvalue weighted by molar-refractivity contribution is 7.89. The summed E-state index contributed by atoms with van der Waals surface area (Å²) < 4.78 is 26.1. The number of sulfonamides is 1. The molecule has 2 heterocycles. The van der Waals surface area contributed by atoms with Gasteiger partial charge < -0.3 is 5.32 Å². The Balaban J connectivity index is 2.19. The lowest BCUT2D eigenvalue weighted by Gasteiger charge is -2.17. The summed E-state index contributed by atoms with van der Waals surface area (Å²) >= 11 is 5.82. The van der Waals surface area contributed by atoms with Gasteiger partial charge in [0.05, 0.1) is 0 Å². The standard InChI is InChI=1S/C11H14ClN3O3S/c1-8(16)14-9-4-6-15(7-9)19(17,18)10-3-2-5-13-11(10)12/h2-3,5,9H,4,6-7H2,1H3,(H,14,16). The normalized spacial score (nSPS) is 20.4. The Morgan fingerprint density at radius 3 is 2.95 bits per heavy atom. The van der Waals surface area contributed by atoms with Crippen LogP contribution >= 0.6 is 11.6 Å². The van der Waals surface area contributed by atoms with Crippen LogP contribution in [-0.4, -0.2) is 42.7 Å². The molecule has 1 aromatic heterocycles. The summed E-state index contributed by atoms with van der Waals surface area (Å²) in [7, 11) is -3.65. The molecule has 19 heavy (non-hydrogen) atoms. The summed E-state index contributed by atoms with van der Waals surface area (Å²) in [5.41, 5.74) is 0. The minimum atomic E-state index is -3.65. The second-order valence-corrected chi connectivity index (χ2v) is 6.61. The smallest absolute Gasteiger partial charge is 0.246 e. The van der Waals surface area contributed by atoms with Crippen molar-refractivity contribution in [2.24, 2.45) is 0 Å². The predicted octanol–water partition coefficient (Wildman–Crippen LogP) is 0.634. The van der Waals surface area contributed by atoms with Gasteiger partial charge in [0.15, 0.2) is 0 Å². The van der Waals surface area contributed by atoms with Crippen molar-refractivity contribution >= 4 is 27.5 Å². The van der Waals surface area contributed by atoms with Crippen LogP contribution in [-0.2, 0) is 14.8 Å². The Kier molecular flexibility index (Phi) is 4.07. The maximum Gasteiger partial charge on any atom is 0.246 e. The average Bonchev–Trinajstić information content (AvgIpc) is 2.77. The van der Waals surface area contributed by atoms with Crippen molar-refractivity contribution in [1.82, 2.24) is 14.6 Å². The Hall–Kier alpha value is -1.18. The number of rotatable bonds is 3. The molecule has 1 fully saturated rings. The van der Waals surface area contributed by atoms with Gasteiger partial charge >= 0.3 is 0 Å². The van der Waals surface area contributed by atoms with Gasteiger partial charge in [0.2, 0.25) is 15.9 Å². The number of carbonyl (C=O) groups excluding carboxylic acids is 1. The fourth-order valence-corrected chi connectivity index (χ4v) is 3.98. The highest BCUT2D eigenvalue weighted by Crippen LogP contribution is 2.25. The summed E-state index contributed by atoms with van der Waals surface area (Å²) in [6.45, 7) is 2.03. The quantitative estimate of drug-likeness (QED) is 0.831. The Morgan fingerprint density at radius 1 is 1.58 bits per heavy atom. The Labute approximate surface area is 116 Å². The van der Waals surface area contributed by atoms with Crippen LogP contribution in [0.4, 0.5) is 0 Å². The molecular weight excluding hydrogens is 290 g/mol. The zero-order valence-corrected chi connectivity index (χ0v) is 11.9. The van der Waals surface area contributed by atoms with E-state index in [0.717, 1.165) is 0 Å². The molecule has 8 heteroatoms. The van der Waals surface area contributed by atoms with Gasteiger partial charge in [-0.25, -0.2) is 13.4 Å². The largest absolute Gasteiger partial charge is 0.352 e. The van der Waals surface area contributed by atoms with E-state index in [-0.39, 0.29) is 28.5 Å². The van der Waals surface area contributed by atoms with Gasteiger partial charge in [-0.15, -0.1) is 0 Å². The molecule has 1 saturated heterocycles. The van der Waals surface area contributed by atoms with E-state index in [1.807, 2.05) is 0 Å². The lowest BCUT2D eigenvalue weighted by molar-refractivity contribution is -0.119. The number of hydrogen-bond acceptors (Lipinski definition) is 4. The first-order valence-electron chi connectivity index (χ1n) is 5.79. The van der Waals surface area contributed by atoms with Crippen molar-refractivity contribution in [1.29, 1.82) is 0 Å². The molecule has 1 atom stereocenters. The number of aromatic nitrogens is 1. The highest BCUT2D eigenvalue weighted by atomic mass is 35.5. The predicted molar refractivity (Wildman–Crippen MR) is 70.2 cm³/mol. The third-order valence-electron chi connectivity index (χ3n) is 2.90. The van der Waals surface area contributed by atoms with Crippen molar-refractivity contribution in [2.45, 2.75) is 24.3 Å². The number of halogens is 1. The van der Waals surface area contributed by atoms with Gasteiger partial charge in [-0.1, -0.05) is 11.6 Å². The fraction of sp³-hybridized carbons (Fsp3) is 0.455. The van der Waals surface area contributed by atoms with E-state index >= 15 is 0 Å². The average molecular weight is 304 g/mol. The number of amides is 1. The summed E-state index contributed by atoms with van der Waals surface area (Å²) in [5, 5.41) is 2.68. The lowest BCUT2D eigenvalue weighted by Crippen LogP contribution is -2.37. The molecule has 104 valence electrons. The monoisotopic (exact) mass is 303 g/mol. The summed E-state index contributed by atoms with van der Waals surface area (Å²) in [6, 6.07) is 2.80. The van der Waals surface area contributed by atoms with Crippen LogP contribution < -0.4 is 5.32 Å². The van der Waals surface area contributed by atoms with Gasteiger partial charge in [-0.2, -0.15) is 4.31 Å². The van der Waals surface area contributed by atoms with E-state index in [0.29, 0.717) is 13.0 Å². The number of carbonyl (C=O) groups is 1. The van der Waals surface area contributed by atoms with Gasteiger partial charge in [0, 0.05) is 32.3 Å². The molecule has 0 bridgehead atoms. The van der Waals surface area contributed by atoms with E-state index in [1.54, 1.807) is 0 Å². The number of nitrogens with zero attached hydrogens (tertiary/aromatic N) is 2. The van der Waals surface area contributed by atoms with Crippen molar-refractivity contribution in [3.05, 3.63) is 23.5 Å². The molecule has 0 aliphatic carbocycles. The lowest BCUT2D eigenvalue weighted by atomic mass is 10.3. The van der Waals surface area contributed by atoms with Crippen LogP contribution in [0, 0.1) is 0 Å². The first-order valence-corrected chi connectivity index (χ1v) is 7.61. The van der Waals surface area contributed by atoms with Crippen LogP contribution in [0.2, 0.25) is 5.15 Å². The molecule has 1 aromatic rings. The summed E-state index contributed by atoms with van der Waals surface area (Å²) in [5.74, 6) is -0.163. The van der Waals surface area contributed by atoms with Crippen LogP contribution in [0.5, 0.6) is 0 Å². The van der Waals surface area contributed by atoms with Crippen molar-refractivity contribution in [3.63, 3.8) is 0 Å². The first kappa shape index (κ1) is 14.2. The molecule has 1 aliphatic heterocycles. The highest BCUT2D eigenvalue weighted by Gasteiger charge is 2.34. The van der Waals surface area contributed by atoms with Crippen molar-refractivity contribution < 1.29 is 13.2 Å². The van der Waals surface area contributed by atoms with Crippen LogP contribution in [0.1, 0.15) is 13.3 Å². The van der Waals surface area contributed by atoms with Crippen LogP contribution in [0.15, 0.2) is 23.2 Å². The fourth-order valence-electron chi connectivity index (χ4n) is 2.05. The summed E-state index contributed by atoms with van der Waals surface area (Å²) in [6.07, 6.45) is 2.03. The van der Waals surface area contributed by atoms with E-state index in [9.17, 15) is 13.2 Å². The molecular formula is C11H14ClN3O3S. The second kappa shape index (κ2) is 5.44. The van der Waals surface area contributed by atoms with Crippen LogP contribution in [0.25, 0.3) is 0 Å². The molecule has 0 radical (unpaired) electrons. The minimum Gasteiger partial charge on any atom is -0.352 e. The summed E-state index contributed by atoms with van der Waals surface area (Å²) in [4.78, 5) is 14.7. The molecule has 1 aliphatic rings. The maximum atomic E-state index is 12.4. The van der Waals surface area contributed by atoms with Gasteiger partial charge in [-0.05, 0) is 18.6 Å². The third-order valence-corrected chi connectivity index (χ3v) is 5.21. The molecule has 2 rings (SSSR count). The molecule has 0 spiro atoms. The SMILES string of the molecule is CC(=O)NC1CCN(S(=O)(=O)c2cccnc2Cl)C1. The maximum absolute atomic E-state index is 12.4. The van der Waals surface area contributed by atoms with E-state index < -0.39 is 10.0 Å². The first-order chi connectivity index (χ1) is 8.91. The van der Waals surface area contributed by atoms with Gasteiger partial charge in [0.25, 0.3) is 0 Å². The molecule has 1 amide bonds. The number of pyridine rings is 1. The van der Waals surface area contributed by atoms with Crippen molar-refractivity contribution in [2.75, 3.05) is 13.1 Å². The third kappa shape index (κ3) is 3.05. The zero-order valence-electron chi connectivity index (χ0n) is 10.3. The van der Waals surface area contributed by atoms with Gasteiger partial charge in [0.1, 0.15) is 10.0 Å². The Morgan fingerprint density at radius 2 is 2.32 bits per heavy atom. The number of hydrogen-bond donors (Lipinski definition) is 1. The molecule has 1 unspecified atom stereocenters. The van der Waals surface area contributed by atoms with Crippen molar-refractivity contribution in [3.8, 4) is 0 Å². The minimum absolute atomic E-state index is 0.000131. The molecule has 6 nitrogen and oxygen atoms in total. The zero-order chi connectivity index (χ0) is 14.0. The van der Waals surface area contributed by atoms with E-state index in [4.69, 9.17) is 11.6 Å². The van der Waals surface area contributed by atoms with Crippen LogP contribution in [0.3, 0.4) is 0 Å². The molecule has 0 aromatic carbocycles. The topological polar surface area (TPSA) is 79.4 Å².